The Morgan fingerprint density at radius 3 is 1.56 bits per heavy atom. The quantitative estimate of drug-likeness (QED) is 0.173. The Bertz CT molecular complexity index is 557. The largest absolute Gasteiger partial charge is 0.363 e. The van der Waals surface area contributed by atoms with E-state index < -0.39 is 0 Å². The van der Waals surface area contributed by atoms with Crippen LogP contribution in [0.25, 0.3) is 0 Å². The number of allylic oxidation sites excluding steroid dienone is 4. The molecule has 2 aliphatic carbocycles. The van der Waals surface area contributed by atoms with Gasteiger partial charge < -0.3 is 4.74 Å². The third-order valence-electron chi connectivity index (χ3n) is 5.18. The molecule has 0 saturated carbocycles. The molecule has 0 bridgehead atoms. The van der Waals surface area contributed by atoms with Crippen LogP contribution in [0.2, 0.25) is 0 Å². The molecule has 0 aromatic rings. The van der Waals surface area contributed by atoms with E-state index in [1.54, 1.807) is 0 Å². The Balaban J connectivity index is 2.15. The predicted molar refractivity (Wildman–Crippen MR) is 133 cm³/mol. The molecule has 0 amide bonds. The molecule has 0 aromatic heterocycles. The van der Waals surface area contributed by atoms with Crippen molar-refractivity contribution in [2.24, 2.45) is 0 Å². The van der Waals surface area contributed by atoms with Gasteiger partial charge in [0.05, 0.1) is 20.9 Å². The number of rotatable bonds is 10. The fourth-order valence-corrected chi connectivity index (χ4v) is 6.90. The fourth-order valence-electron chi connectivity index (χ4n) is 3.59. The normalized spacial score (nSPS) is 33.1. The van der Waals surface area contributed by atoms with E-state index in [0.717, 1.165) is 21.8 Å². The molecule has 27 heavy (non-hydrogen) atoms. The predicted octanol–water partition coefficient (Wildman–Crippen LogP) is 8.87. The summed E-state index contributed by atoms with van der Waals surface area (Å²) in [6, 6.07) is 0. The van der Waals surface area contributed by atoms with Crippen LogP contribution in [-0.2, 0) is 4.74 Å². The fraction of sp³-hybridized carbons (Fsp3) is 0.636. The molecular formula is C22H30Br4O. The van der Waals surface area contributed by atoms with Crippen molar-refractivity contribution in [3.05, 3.63) is 45.4 Å². The first kappa shape index (κ1) is 24.1. The average Bonchev–Trinajstić information content (AvgIpc) is 2.60. The summed E-state index contributed by atoms with van der Waals surface area (Å²) in [5.41, 5.74) is 0. The van der Waals surface area contributed by atoms with Gasteiger partial charge in [0.1, 0.15) is 0 Å². The van der Waals surface area contributed by atoms with E-state index >= 15 is 0 Å². The summed E-state index contributed by atoms with van der Waals surface area (Å²) in [5, 5.41) is 0. The van der Waals surface area contributed by atoms with Gasteiger partial charge in [0.15, 0.2) is 0 Å². The summed E-state index contributed by atoms with van der Waals surface area (Å²) in [7, 11) is 0. The van der Waals surface area contributed by atoms with E-state index in [1.165, 1.54) is 38.5 Å². The van der Waals surface area contributed by atoms with Crippen molar-refractivity contribution in [2.75, 3.05) is 0 Å². The highest BCUT2D eigenvalue weighted by molar-refractivity contribution is 9.12. The van der Waals surface area contributed by atoms with E-state index in [0.29, 0.717) is 0 Å². The van der Waals surface area contributed by atoms with Crippen molar-refractivity contribution in [2.45, 2.75) is 86.1 Å². The van der Waals surface area contributed by atoms with Crippen LogP contribution < -0.4 is 0 Å². The molecule has 0 fully saturated rings. The zero-order valence-corrected chi connectivity index (χ0v) is 22.5. The molecule has 0 N–H and O–H groups in total. The van der Waals surface area contributed by atoms with Crippen LogP contribution in [0.15, 0.2) is 45.4 Å². The minimum atomic E-state index is -0.167. The number of hydrogen-bond acceptors (Lipinski definition) is 1. The third kappa shape index (κ3) is 6.94. The van der Waals surface area contributed by atoms with Gasteiger partial charge in [0, 0.05) is 8.96 Å². The van der Waals surface area contributed by atoms with E-state index in [1.807, 2.05) is 0 Å². The Morgan fingerprint density at radius 2 is 1.19 bits per heavy atom. The molecule has 0 aliphatic heterocycles. The number of ether oxygens (including phenoxy) is 1. The summed E-state index contributed by atoms with van der Waals surface area (Å²) >= 11 is 15.3. The highest BCUT2D eigenvalue weighted by Crippen LogP contribution is 2.44. The highest BCUT2D eigenvalue weighted by Gasteiger charge is 2.42. The molecule has 0 spiro atoms. The van der Waals surface area contributed by atoms with Gasteiger partial charge in [0.2, 0.25) is 0 Å². The summed E-state index contributed by atoms with van der Waals surface area (Å²) < 4.78 is 8.62. The molecule has 0 heterocycles. The van der Waals surface area contributed by atoms with Crippen LogP contribution in [0.1, 0.15) is 65.2 Å². The van der Waals surface area contributed by atoms with Crippen LogP contribution >= 0.6 is 63.7 Å². The molecule has 152 valence electrons. The van der Waals surface area contributed by atoms with Gasteiger partial charge >= 0.3 is 0 Å². The Morgan fingerprint density at radius 1 is 0.778 bits per heavy atom. The zero-order chi connectivity index (χ0) is 19.9. The lowest BCUT2D eigenvalue weighted by Gasteiger charge is -2.41. The summed E-state index contributed by atoms with van der Waals surface area (Å²) in [6.07, 6.45) is 22.5. The standard InChI is InChI=1S/C22H30Br4O/c1-3-5-7-13-21(25)15-17(23)9-11-19(21)27-20-12-10-18(24)16-22(20,26)14-8-6-4-2/h9-12,15-16,19-20H,3-8,13-14H2,1-2H3. The molecule has 4 atom stereocenters. The van der Waals surface area contributed by atoms with Crippen molar-refractivity contribution < 1.29 is 4.74 Å². The van der Waals surface area contributed by atoms with Crippen molar-refractivity contribution in [3.8, 4) is 0 Å². The maximum Gasteiger partial charge on any atom is 0.0956 e. The minimum absolute atomic E-state index is 0.00122. The molecule has 2 rings (SSSR count). The highest BCUT2D eigenvalue weighted by atomic mass is 79.9. The molecule has 1 nitrogen and oxygen atoms in total. The van der Waals surface area contributed by atoms with Crippen LogP contribution in [0.4, 0.5) is 0 Å². The summed E-state index contributed by atoms with van der Waals surface area (Å²) in [4.78, 5) is 0. The van der Waals surface area contributed by atoms with E-state index in [-0.39, 0.29) is 20.9 Å². The first-order valence-corrected chi connectivity index (χ1v) is 13.2. The average molecular weight is 630 g/mol. The van der Waals surface area contributed by atoms with E-state index in [9.17, 15) is 0 Å². The van der Waals surface area contributed by atoms with Crippen molar-refractivity contribution in [3.63, 3.8) is 0 Å². The molecular weight excluding hydrogens is 600 g/mol. The first-order valence-electron chi connectivity index (χ1n) is 9.99. The van der Waals surface area contributed by atoms with Crippen molar-refractivity contribution in [1.82, 2.24) is 0 Å². The number of alkyl halides is 2. The Labute approximate surface area is 198 Å². The number of hydrogen-bond donors (Lipinski definition) is 0. The van der Waals surface area contributed by atoms with Crippen LogP contribution in [0.3, 0.4) is 0 Å². The van der Waals surface area contributed by atoms with Gasteiger partial charge in [-0.15, -0.1) is 0 Å². The maximum absolute atomic E-state index is 6.72. The lowest BCUT2D eigenvalue weighted by molar-refractivity contribution is 0.0122. The van der Waals surface area contributed by atoms with Gasteiger partial charge in [0.25, 0.3) is 0 Å². The second-order valence-corrected chi connectivity index (χ2v) is 12.3. The third-order valence-corrected chi connectivity index (χ3v) is 8.32. The topological polar surface area (TPSA) is 9.23 Å². The monoisotopic (exact) mass is 626 g/mol. The molecule has 0 saturated heterocycles. The van der Waals surface area contributed by atoms with E-state index in [4.69, 9.17) is 4.74 Å². The summed E-state index contributed by atoms with van der Waals surface area (Å²) in [6.45, 7) is 4.49. The molecule has 2 aliphatic rings. The van der Waals surface area contributed by atoms with Crippen molar-refractivity contribution in [1.29, 1.82) is 0 Å². The lowest BCUT2D eigenvalue weighted by atomic mass is 9.88. The lowest BCUT2D eigenvalue weighted by Crippen LogP contribution is -2.45. The zero-order valence-electron chi connectivity index (χ0n) is 16.2. The van der Waals surface area contributed by atoms with Gasteiger partial charge in [-0.1, -0.05) is 140 Å². The van der Waals surface area contributed by atoms with Crippen LogP contribution in [-0.4, -0.2) is 20.9 Å². The SMILES string of the molecule is CCCCCC1(Br)C=C(Br)C=CC1OC1C=CC(Br)=CC1(Br)CCCCC. The Kier molecular flexibility index (Phi) is 10.1. The summed E-state index contributed by atoms with van der Waals surface area (Å²) in [5.74, 6) is 0. The van der Waals surface area contributed by atoms with E-state index in [2.05, 4.69) is 114 Å². The maximum atomic E-state index is 6.72. The van der Waals surface area contributed by atoms with Gasteiger partial charge in [-0.25, -0.2) is 0 Å². The molecule has 5 heteroatoms. The second-order valence-electron chi connectivity index (χ2n) is 7.52. The molecule has 0 radical (unpaired) electrons. The van der Waals surface area contributed by atoms with Crippen LogP contribution in [0, 0.1) is 0 Å². The van der Waals surface area contributed by atoms with Crippen molar-refractivity contribution >= 4 is 63.7 Å². The van der Waals surface area contributed by atoms with Gasteiger partial charge in [-0.2, -0.15) is 0 Å². The number of unbranched alkanes of at least 4 members (excludes halogenated alkanes) is 4. The molecule has 4 unspecified atom stereocenters. The van der Waals surface area contributed by atoms with Gasteiger partial charge in [-0.3, -0.25) is 0 Å². The molecule has 0 aromatic carbocycles. The first-order chi connectivity index (χ1) is 12.8. The van der Waals surface area contributed by atoms with Crippen LogP contribution in [0.5, 0.6) is 0 Å². The van der Waals surface area contributed by atoms with Gasteiger partial charge in [-0.05, 0) is 25.0 Å². The number of halogens is 4. The smallest absolute Gasteiger partial charge is 0.0956 e. The Hall–Kier alpha value is 0.840. The minimum Gasteiger partial charge on any atom is -0.363 e. The second kappa shape index (κ2) is 11.3.